The second kappa shape index (κ2) is 3.42. The topological polar surface area (TPSA) is 56.1 Å². The number of nitrogens with zero attached hydrogens (tertiary/aromatic N) is 2. The Labute approximate surface area is 82.1 Å². The number of ether oxygens (including phenoxy) is 1. The second-order valence-corrected chi connectivity index (χ2v) is 3.41. The summed E-state index contributed by atoms with van der Waals surface area (Å²) in [6.07, 6.45) is 2.38. The lowest BCUT2D eigenvalue weighted by Crippen LogP contribution is -2.42. The molecular formula is C9H13N3O2. The Kier molecular flexibility index (Phi) is 2.25. The van der Waals surface area contributed by atoms with Crippen LogP contribution in [0.15, 0.2) is 6.33 Å². The van der Waals surface area contributed by atoms with Crippen LogP contribution in [0.4, 0.5) is 0 Å². The molecule has 5 heteroatoms. The van der Waals surface area contributed by atoms with E-state index in [9.17, 15) is 4.79 Å². The van der Waals surface area contributed by atoms with Gasteiger partial charge in [-0.25, -0.2) is 4.98 Å². The fourth-order valence-corrected chi connectivity index (χ4v) is 1.70. The Hall–Kier alpha value is -1.36. The summed E-state index contributed by atoms with van der Waals surface area (Å²) in [6, 6.07) is -0.248. The minimum Gasteiger partial charge on any atom is -0.468 e. The van der Waals surface area contributed by atoms with Crippen molar-refractivity contribution in [2.24, 2.45) is 7.05 Å². The largest absolute Gasteiger partial charge is 0.468 e. The summed E-state index contributed by atoms with van der Waals surface area (Å²) in [7, 11) is 3.35. The van der Waals surface area contributed by atoms with Gasteiger partial charge >= 0.3 is 5.97 Å². The minimum absolute atomic E-state index is 0.221. The third-order valence-corrected chi connectivity index (χ3v) is 2.54. The third-order valence-electron chi connectivity index (χ3n) is 2.54. The summed E-state index contributed by atoms with van der Waals surface area (Å²) in [4.78, 5) is 15.5. The number of carbonyl (C=O) groups excluding carboxylic acids is 1. The van der Waals surface area contributed by atoms with Gasteiger partial charge in [-0.1, -0.05) is 0 Å². The quantitative estimate of drug-likeness (QED) is 0.620. The van der Waals surface area contributed by atoms with Gasteiger partial charge in [-0.05, 0) is 0 Å². The van der Waals surface area contributed by atoms with E-state index < -0.39 is 0 Å². The first-order valence-electron chi connectivity index (χ1n) is 4.52. The molecular weight excluding hydrogens is 182 g/mol. The molecule has 14 heavy (non-hydrogen) atoms. The van der Waals surface area contributed by atoms with Crippen LogP contribution in [0.25, 0.3) is 0 Å². The lowest BCUT2D eigenvalue weighted by Gasteiger charge is -2.21. The molecule has 76 valence electrons. The molecule has 2 heterocycles. The van der Waals surface area contributed by atoms with Crippen LogP contribution in [-0.2, 0) is 29.5 Å². The van der Waals surface area contributed by atoms with Gasteiger partial charge in [0, 0.05) is 20.0 Å². The SMILES string of the molecule is COC(=O)[C@@H]1Cc2ncn(C)c2CN1. The zero-order valence-corrected chi connectivity index (χ0v) is 8.28. The standard InChI is InChI=1S/C9H13N3O2/c1-12-5-11-6-3-7(9(13)14-2)10-4-8(6)12/h5,7,10H,3-4H2,1-2H3/t7-/m0/s1. The number of fused-ring (bicyclic) bond motifs is 1. The molecule has 1 aromatic heterocycles. The zero-order chi connectivity index (χ0) is 10.1. The number of aromatic nitrogens is 2. The van der Waals surface area contributed by atoms with Crippen molar-refractivity contribution in [1.82, 2.24) is 14.9 Å². The van der Waals surface area contributed by atoms with Gasteiger partial charge < -0.3 is 9.30 Å². The summed E-state index contributed by atoms with van der Waals surface area (Å²) in [5.41, 5.74) is 2.13. The van der Waals surface area contributed by atoms with E-state index in [1.54, 1.807) is 6.33 Å². The van der Waals surface area contributed by atoms with E-state index in [-0.39, 0.29) is 12.0 Å². The van der Waals surface area contributed by atoms with E-state index >= 15 is 0 Å². The highest BCUT2D eigenvalue weighted by molar-refractivity contribution is 5.76. The lowest BCUT2D eigenvalue weighted by molar-refractivity contribution is -0.143. The fourth-order valence-electron chi connectivity index (χ4n) is 1.70. The third kappa shape index (κ3) is 1.39. The van der Waals surface area contributed by atoms with Crippen LogP contribution in [0.2, 0.25) is 0 Å². The lowest BCUT2D eigenvalue weighted by atomic mass is 10.1. The van der Waals surface area contributed by atoms with E-state index in [0.717, 1.165) is 11.4 Å². The van der Waals surface area contributed by atoms with Gasteiger partial charge in [0.1, 0.15) is 6.04 Å². The van der Waals surface area contributed by atoms with Gasteiger partial charge in [0.2, 0.25) is 0 Å². The summed E-state index contributed by atoms with van der Waals surface area (Å²) < 4.78 is 6.64. The zero-order valence-electron chi connectivity index (χ0n) is 8.28. The molecule has 2 rings (SSSR count). The Morgan fingerprint density at radius 3 is 3.29 bits per heavy atom. The molecule has 0 spiro atoms. The van der Waals surface area contributed by atoms with Crippen molar-refractivity contribution in [3.63, 3.8) is 0 Å². The first-order chi connectivity index (χ1) is 6.72. The molecule has 0 bridgehead atoms. The Morgan fingerprint density at radius 2 is 2.57 bits per heavy atom. The van der Waals surface area contributed by atoms with Gasteiger partial charge in [-0.3, -0.25) is 10.1 Å². The van der Waals surface area contributed by atoms with Crippen molar-refractivity contribution >= 4 is 5.97 Å². The highest BCUT2D eigenvalue weighted by Gasteiger charge is 2.26. The number of aryl methyl sites for hydroxylation is 1. The molecule has 1 aromatic rings. The summed E-state index contributed by atoms with van der Waals surface area (Å²) in [5, 5.41) is 3.12. The number of hydrogen-bond acceptors (Lipinski definition) is 4. The van der Waals surface area contributed by atoms with Crippen molar-refractivity contribution in [3.05, 3.63) is 17.7 Å². The van der Waals surface area contributed by atoms with Crippen LogP contribution < -0.4 is 5.32 Å². The Balaban J connectivity index is 2.18. The van der Waals surface area contributed by atoms with Gasteiger partial charge in [0.15, 0.2) is 0 Å². The Morgan fingerprint density at radius 1 is 1.79 bits per heavy atom. The van der Waals surface area contributed by atoms with Gasteiger partial charge in [0.25, 0.3) is 0 Å². The molecule has 1 aliphatic rings. The molecule has 0 aromatic carbocycles. The number of nitrogens with one attached hydrogen (secondary N) is 1. The molecule has 0 saturated carbocycles. The first-order valence-corrected chi connectivity index (χ1v) is 4.52. The maximum absolute atomic E-state index is 11.3. The highest BCUT2D eigenvalue weighted by atomic mass is 16.5. The average molecular weight is 195 g/mol. The van der Waals surface area contributed by atoms with E-state index in [1.165, 1.54) is 7.11 Å². The number of imidazole rings is 1. The highest BCUT2D eigenvalue weighted by Crippen LogP contribution is 2.14. The molecule has 1 aliphatic heterocycles. The smallest absolute Gasteiger partial charge is 0.323 e. The number of rotatable bonds is 1. The van der Waals surface area contributed by atoms with Crippen LogP contribution in [-0.4, -0.2) is 28.7 Å². The van der Waals surface area contributed by atoms with Crippen molar-refractivity contribution in [3.8, 4) is 0 Å². The molecule has 0 saturated heterocycles. The van der Waals surface area contributed by atoms with Gasteiger partial charge in [-0.15, -0.1) is 0 Å². The number of carbonyl (C=O) groups is 1. The molecule has 0 aliphatic carbocycles. The average Bonchev–Trinajstić information content (AvgIpc) is 2.59. The van der Waals surface area contributed by atoms with Crippen LogP contribution in [0.5, 0.6) is 0 Å². The predicted molar refractivity (Wildman–Crippen MR) is 49.6 cm³/mol. The Bertz CT molecular complexity index is 359. The molecule has 0 radical (unpaired) electrons. The first kappa shape index (κ1) is 9.21. The van der Waals surface area contributed by atoms with Crippen molar-refractivity contribution < 1.29 is 9.53 Å². The molecule has 0 unspecified atom stereocenters. The van der Waals surface area contributed by atoms with Crippen LogP contribution in [0, 0.1) is 0 Å². The molecule has 0 amide bonds. The maximum Gasteiger partial charge on any atom is 0.323 e. The van der Waals surface area contributed by atoms with Gasteiger partial charge in [0.05, 0.1) is 24.8 Å². The van der Waals surface area contributed by atoms with E-state index in [2.05, 4.69) is 15.0 Å². The molecule has 0 fully saturated rings. The van der Waals surface area contributed by atoms with E-state index in [4.69, 9.17) is 0 Å². The summed E-state index contributed by atoms with van der Waals surface area (Å²) in [6.45, 7) is 0.672. The number of hydrogen-bond donors (Lipinski definition) is 1. The predicted octanol–water partition coefficient (Wildman–Crippen LogP) is -0.393. The van der Waals surface area contributed by atoms with Crippen LogP contribution in [0.1, 0.15) is 11.4 Å². The van der Waals surface area contributed by atoms with Crippen molar-refractivity contribution in [2.45, 2.75) is 19.0 Å². The molecule has 1 atom stereocenters. The second-order valence-electron chi connectivity index (χ2n) is 3.41. The fraction of sp³-hybridized carbons (Fsp3) is 0.556. The molecule has 5 nitrogen and oxygen atoms in total. The molecule has 1 N–H and O–H groups in total. The number of esters is 1. The van der Waals surface area contributed by atoms with Crippen molar-refractivity contribution in [1.29, 1.82) is 0 Å². The summed E-state index contributed by atoms with van der Waals surface area (Å²) >= 11 is 0. The van der Waals surface area contributed by atoms with Gasteiger partial charge in [-0.2, -0.15) is 0 Å². The van der Waals surface area contributed by atoms with E-state index in [1.807, 2.05) is 11.6 Å². The van der Waals surface area contributed by atoms with E-state index in [0.29, 0.717) is 13.0 Å². The van der Waals surface area contributed by atoms with Crippen molar-refractivity contribution in [2.75, 3.05) is 7.11 Å². The van der Waals surface area contributed by atoms with Crippen LogP contribution >= 0.6 is 0 Å². The normalized spacial score (nSPS) is 20.3. The van der Waals surface area contributed by atoms with Crippen LogP contribution in [0.3, 0.4) is 0 Å². The minimum atomic E-state index is -0.248. The maximum atomic E-state index is 11.3. The monoisotopic (exact) mass is 195 g/mol. The summed E-state index contributed by atoms with van der Waals surface area (Å²) in [5.74, 6) is -0.221. The number of methoxy groups -OCH3 is 1.